The molecular formula is C14H20BrNO3S. The summed E-state index contributed by atoms with van der Waals surface area (Å²) in [6.45, 7) is 2.85. The molecule has 0 amide bonds. The Bertz CT molecular complexity index is 574. The maximum absolute atomic E-state index is 11.7. The molecule has 1 aromatic rings. The van der Waals surface area contributed by atoms with Crippen LogP contribution in [-0.2, 0) is 9.84 Å². The molecule has 1 aliphatic heterocycles. The van der Waals surface area contributed by atoms with Crippen molar-refractivity contribution in [3.8, 4) is 5.75 Å². The Balaban J connectivity index is 2.27. The van der Waals surface area contributed by atoms with Gasteiger partial charge in [-0.1, -0.05) is 13.0 Å². The van der Waals surface area contributed by atoms with Crippen LogP contribution < -0.4 is 10.1 Å². The monoisotopic (exact) mass is 361 g/mol. The van der Waals surface area contributed by atoms with Crippen LogP contribution in [0.25, 0.3) is 0 Å². The van der Waals surface area contributed by atoms with Crippen LogP contribution in [0.2, 0.25) is 0 Å². The summed E-state index contributed by atoms with van der Waals surface area (Å²) < 4.78 is 29.5. The van der Waals surface area contributed by atoms with Crippen molar-refractivity contribution in [1.82, 2.24) is 5.32 Å². The highest BCUT2D eigenvalue weighted by Crippen LogP contribution is 2.35. The Hall–Kier alpha value is -0.590. The van der Waals surface area contributed by atoms with Gasteiger partial charge in [-0.15, -0.1) is 0 Å². The van der Waals surface area contributed by atoms with Gasteiger partial charge in [-0.2, -0.15) is 0 Å². The lowest BCUT2D eigenvalue weighted by atomic mass is 9.92. The van der Waals surface area contributed by atoms with Crippen LogP contribution in [0, 0.1) is 5.92 Å². The Morgan fingerprint density at radius 3 is 2.75 bits per heavy atom. The first-order valence-corrected chi connectivity index (χ1v) is 9.35. The number of nitrogens with one attached hydrogen (secondary N) is 1. The Kier molecular flexibility index (Phi) is 5.09. The van der Waals surface area contributed by atoms with Gasteiger partial charge in [0.1, 0.15) is 5.75 Å². The fraction of sp³-hybridized carbons (Fsp3) is 0.571. The minimum atomic E-state index is -2.87. The first-order chi connectivity index (χ1) is 9.46. The summed E-state index contributed by atoms with van der Waals surface area (Å²) in [5, 5.41) is 3.42. The third kappa shape index (κ3) is 3.54. The Labute approximate surface area is 129 Å². The van der Waals surface area contributed by atoms with Crippen LogP contribution in [0.1, 0.15) is 24.9 Å². The van der Waals surface area contributed by atoms with Gasteiger partial charge < -0.3 is 10.1 Å². The molecule has 1 aromatic carbocycles. The summed E-state index contributed by atoms with van der Waals surface area (Å²) in [6.07, 6.45) is 0.726. The lowest BCUT2D eigenvalue weighted by molar-refractivity contribution is 0.396. The van der Waals surface area contributed by atoms with E-state index in [4.69, 9.17) is 4.74 Å². The van der Waals surface area contributed by atoms with Gasteiger partial charge >= 0.3 is 0 Å². The third-order valence-corrected chi connectivity index (χ3v) is 6.11. The van der Waals surface area contributed by atoms with Crippen molar-refractivity contribution in [1.29, 1.82) is 0 Å². The van der Waals surface area contributed by atoms with E-state index >= 15 is 0 Å². The highest BCUT2D eigenvalue weighted by atomic mass is 79.9. The molecule has 0 aliphatic carbocycles. The molecule has 6 heteroatoms. The highest BCUT2D eigenvalue weighted by molar-refractivity contribution is 9.10. The molecular weight excluding hydrogens is 342 g/mol. The predicted octanol–water partition coefficient (Wildman–Crippen LogP) is 2.54. The highest BCUT2D eigenvalue weighted by Gasteiger charge is 2.34. The maximum Gasteiger partial charge on any atom is 0.150 e. The van der Waals surface area contributed by atoms with Crippen molar-refractivity contribution >= 4 is 25.8 Å². The first-order valence-electron chi connectivity index (χ1n) is 6.74. The summed E-state index contributed by atoms with van der Waals surface area (Å²) in [5.74, 6) is 1.49. The third-order valence-electron chi connectivity index (χ3n) is 3.70. The van der Waals surface area contributed by atoms with E-state index in [-0.39, 0.29) is 17.7 Å². The molecule has 112 valence electrons. The molecule has 1 N–H and O–H groups in total. The van der Waals surface area contributed by atoms with Crippen LogP contribution >= 0.6 is 15.9 Å². The molecule has 2 atom stereocenters. The van der Waals surface area contributed by atoms with Gasteiger partial charge in [0.25, 0.3) is 0 Å². The van der Waals surface area contributed by atoms with Crippen LogP contribution in [0.3, 0.4) is 0 Å². The number of halogens is 1. The maximum atomic E-state index is 11.7. The molecule has 1 saturated heterocycles. The molecule has 1 aliphatic rings. The van der Waals surface area contributed by atoms with Gasteiger partial charge in [0, 0.05) is 6.04 Å². The van der Waals surface area contributed by atoms with E-state index in [0.29, 0.717) is 5.75 Å². The molecule has 0 aromatic heterocycles. The van der Waals surface area contributed by atoms with E-state index in [2.05, 4.69) is 21.2 Å². The first kappa shape index (κ1) is 15.8. The average molecular weight is 362 g/mol. The molecule has 1 fully saturated rings. The van der Waals surface area contributed by atoms with Gasteiger partial charge in [-0.25, -0.2) is 8.42 Å². The molecule has 0 saturated carbocycles. The second-order valence-corrected chi connectivity index (χ2v) is 8.18. The van der Waals surface area contributed by atoms with Crippen LogP contribution in [0.15, 0.2) is 22.7 Å². The summed E-state index contributed by atoms with van der Waals surface area (Å²) in [5.41, 5.74) is 1.10. The molecule has 20 heavy (non-hydrogen) atoms. The second kappa shape index (κ2) is 6.45. The van der Waals surface area contributed by atoms with Gasteiger partial charge in [0.05, 0.1) is 23.1 Å². The summed E-state index contributed by atoms with van der Waals surface area (Å²) in [4.78, 5) is 0. The van der Waals surface area contributed by atoms with Crippen molar-refractivity contribution in [3.63, 3.8) is 0 Å². The van der Waals surface area contributed by atoms with Gasteiger partial charge in [0.2, 0.25) is 0 Å². The molecule has 2 unspecified atom stereocenters. The number of rotatable bonds is 5. The van der Waals surface area contributed by atoms with Crippen molar-refractivity contribution in [2.75, 3.05) is 25.2 Å². The van der Waals surface area contributed by atoms with Crippen molar-refractivity contribution in [3.05, 3.63) is 28.2 Å². The van der Waals surface area contributed by atoms with E-state index in [1.54, 1.807) is 7.11 Å². The average Bonchev–Trinajstić information content (AvgIpc) is 2.76. The van der Waals surface area contributed by atoms with E-state index in [1.807, 2.05) is 25.1 Å². The smallest absolute Gasteiger partial charge is 0.150 e. The van der Waals surface area contributed by atoms with E-state index in [1.165, 1.54) is 0 Å². The largest absolute Gasteiger partial charge is 0.496 e. The SMILES string of the molecule is CCNC(c1ccc(OC)c(Br)c1)C1CCS(=O)(=O)C1. The topological polar surface area (TPSA) is 55.4 Å². The minimum Gasteiger partial charge on any atom is -0.496 e. The molecule has 1 heterocycles. The van der Waals surface area contributed by atoms with E-state index < -0.39 is 9.84 Å². The number of ether oxygens (including phenoxy) is 1. The Morgan fingerprint density at radius 2 is 2.25 bits per heavy atom. The number of sulfone groups is 1. The molecule has 0 bridgehead atoms. The van der Waals surface area contributed by atoms with Gasteiger partial charge in [-0.05, 0) is 52.5 Å². The number of hydrogen-bond acceptors (Lipinski definition) is 4. The van der Waals surface area contributed by atoms with E-state index in [9.17, 15) is 8.42 Å². The molecule has 2 rings (SSSR count). The lowest BCUT2D eigenvalue weighted by Crippen LogP contribution is -2.29. The number of benzene rings is 1. The molecule has 0 radical (unpaired) electrons. The number of methoxy groups -OCH3 is 1. The molecule has 0 spiro atoms. The fourth-order valence-corrected chi connectivity index (χ4v) is 5.14. The zero-order chi connectivity index (χ0) is 14.8. The second-order valence-electron chi connectivity index (χ2n) is 5.09. The Morgan fingerprint density at radius 1 is 1.50 bits per heavy atom. The summed E-state index contributed by atoms with van der Waals surface area (Å²) >= 11 is 3.49. The predicted molar refractivity (Wildman–Crippen MR) is 83.9 cm³/mol. The van der Waals surface area contributed by atoms with Crippen LogP contribution in [0.4, 0.5) is 0 Å². The zero-order valence-corrected chi connectivity index (χ0v) is 14.1. The quantitative estimate of drug-likeness (QED) is 0.875. The van der Waals surface area contributed by atoms with Crippen molar-refractivity contribution in [2.45, 2.75) is 19.4 Å². The van der Waals surface area contributed by atoms with Crippen LogP contribution in [-0.4, -0.2) is 33.6 Å². The standard InChI is InChI=1S/C14H20BrNO3S/c1-3-16-14(11-6-7-20(17,18)9-11)10-4-5-13(19-2)12(15)8-10/h4-5,8,11,14,16H,3,6-7,9H2,1-2H3. The summed E-state index contributed by atoms with van der Waals surface area (Å²) in [6, 6.07) is 5.99. The number of hydrogen-bond donors (Lipinski definition) is 1. The van der Waals surface area contributed by atoms with Crippen molar-refractivity contribution in [2.24, 2.45) is 5.92 Å². The van der Waals surface area contributed by atoms with E-state index in [0.717, 1.165) is 28.8 Å². The van der Waals surface area contributed by atoms with Crippen molar-refractivity contribution < 1.29 is 13.2 Å². The normalized spacial score (nSPS) is 22.6. The van der Waals surface area contributed by atoms with Crippen LogP contribution in [0.5, 0.6) is 5.75 Å². The van der Waals surface area contributed by atoms with Gasteiger partial charge in [-0.3, -0.25) is 0 Å². The molecule has 4 nitrogen and oxygen atoms in total. The zero-order valence-electron chi connectivity index (χ0n) is 11.7. The summed E-state index contributed by atoms with van der Waals surface area (Å²) in [7, 11) is -1.24. The van der Waals surface area contributed by atoms with Gasteiger partial charge in [0.15, 0.2) is 9.84 Å². The fourth-order valence-electron chi connectivity index (χ4n) is 2.74. The minimum absolute atomic E-state index is 0.0690. The lowest BCUT2D eigenvalue weighted by Gasteiger charge is -2.24.